The number of hydrogen-bond acceptors (Lipinski definition) is 4. The molecule has 1 rings (SSSR count). The summed E-state index contributed by atoms with van der Waals surface area (Å²) in [5.74, 6) is -0.137. The van der Waals surface area contributed by atoms with Crippen molar-refractivity contribution >= 4 is 11.9 Å². The van der Waals surface area contributed by atoms with E-state index in [-0.39, 0.29) is 11.9 Å². The third-order valence-corrected chi connectivity index (χ3v) is 5.58. The Labute approximate surface area is 173 Å². The molecule has 0 amide bonds. The summed E-state index contributed by atoms with van der Waals surface area (Å²) >= 11 is 0. The first-order chi connectivity index (χ1) is 13.8. The molecular formula is C24H44O4. The highest BCUT2D eigenvalue weighted by atomic mass is 16.5. The molecule has 0 aromatic heterocycles. The van der Waals surface area contributed by atoms with Crippen molar-refractivity contribution in [2.45, 2.75) is 128 Å². The van der Waals surface area contributed by atoms with Crippen molar-refractivity contribution in [1.29, 1.82) is 0 Å². The van der Waals surface area contributed by atoms with Gasteiger partial charge in [0.15, 0.2) is 0 Å². The van der Waals surface area contributed by atoms with Gasteiger partial charge in [-0.3, -0.25) is 9.59 Å². The number of carbonyl (C=O) groups is 2. The first-order valence-corrected chi connectivity index (χ1v) is 12.1. The largest absolute Gasteiger partial charge is 0.466 e. The standard InChI is InChI=1S/C24H44O4/c25-23-19-15-11-12-16-20-24(26)28-22-18-14-10-8-6-4-2-1-3-5-7-9-13-17-21-27-23/h1-22H2. The van der Waals surface area contributed by atoms with Crippen LogP contribution in [0.15, 0.2) is 0 Å². The summed E-state index contributed by atoms with van der Waals surface area (Å²) in [5, 5.41) is 0. The van der Waals surface area contributed by atoms with E-state index in [0.29, 0.717) is 26.1 Å². The highest BCUT2D eigenvalue weighted by Crippen LogP contribution is 2.13. The molecule has 0 aliphatic carbocycles. The number of hydrogen-bond donors (Lipinski definition) is 0. The van der Waals surface area contributed by atoms with Crippen molar-refractivity contribution < 1.29 is 19.1 Å². The molecule has 0 atom stereocenters. The SMILES string of the molecule is O=C1CCCCCCC(=O)OCCCCCCCCCCCCCCCCO1. The van der Waals surface area contributed by atoms with Crippen LogP contribution >= 0.6 is 0 Å². The van der Waals surface area contributed by atoms with Crippen molar-refractivity contribution in [3.8, 4) is 0 Å². The summed E-state index contributed by atoms with van der Waals surface area (Å²) in [6, 6.07) is 0. The average Bonchev–Trinajstić information content (AvgIpc) is 2.69. The zero-order chi connectivity index (χ0) is 20.1. The molecule has 1 saturated heterocycles. The minimum Gasteiger partial charge on any atom is -0.466 e. The van der Waals surface area contributed by atoms with Gasteiger partial charge in [0.2, 0.25) is 0 Å². The number of carbonyl (C=O) groups excluding carboxylic acids is 2. The van der Waals surface area contributed by atoms with E-state index in [1.807, 2.05) is 0 Å². The van der Waals surface area contributed by atoms with E-state index in [1.54, 1.807) is 0 Å². The van der Waals surface area contributed by atoms with E-state index < -0.39 is 0 Å². The lowest BCUT2D eigenvalue weighted by Crippen LogP contribution is -2.06. The van der Waals surface area contributed by atoms with Crippen LogP contribution in [-0.2, 0) is 19.1 Å². The topological polar surface area (TPSA) is 52.6 Å². The second-order valence-corrected chi connectivity index (χ2v) is 8.30. The third kappa shape index (κ3) is 17.1. The number of esters is 2. The maximum absolute atomic E-state index is 11.7. The zero-order valence-electron chi connectivity index (χ0n) is 18.2. The lowest BCUT2D eigenvalue weighted by Gasteiger charge is -2.07. The summed E-state index contributed by atoms with van der Waals surface area (Å²) < 4.78 is 10.6. The summed E-state index contributed by atoms with van der Waals surface area (Å²) in [5.41, 5.74) is 0. The molecule has 0 saturated carbocycles. The van der Waals surface area contributed by atoms with Gasteiger partial charge in [0.05, 0.1) is 13.2 Å². The lowest BCUT2D eigenvalue weighted by atomic mass is 10.0. The van der Waals surface area contributed by atoms with Crippen LogP contribution in [-0.4, -0.2) is 25.2 Å². The highest BCUT2D eigenvalue weighted by molar-refractivity contribution is 5.69. The lowest BCUT2D eigenvalue weighted by molar-refractivity contribution is -0.145. The van der Waals surface area contributed by atoms with Crippen LogP contribution in [0.2, 0.25) is 0 Å². The quantitative estimate of drug-likeness (QED) is 0.418. The first kappa shape index (κ1) is 25.0. The van der Waals surface area contributed by atoms with Crippen molar-refractivity contribution in [2.24, 2.45) is 0 Å². The van der Waals surface area contributed by atoms with Crippen LogP contribution in [0.1, 0.15) is 128 Å². The minimum absolute atomic E-state index is 0.0687. The fourth-order valence-electron chi connectivity index (χ4n) is 3.73. The molecule has 1 aliphatic heterocycles. The summed E-state index contributed by atoms with van der Waals surface area (Å²) in [4.78, 5) is 23.4. The van der Waals surface area contributed by atoms with E-state index in [4.69, 9.17) is 9.47 Å². The Hall–Kier alpha value is -1.06. The van der Waals surface area contributed by atoms with Crippen LogP contribution in [0.3, 0.4) is 0 Å². The van der Waals surface area contributed by atoms with Crippen molar-refractivity contribution in [1.82, 2.24) is 0 Å². The van der Waals surface area contributed by atoms with Gasteiger partial charge in [-0.05, 0) is 25.7 Å². The van der Waals surface area contributed by atoms with E-state index in [1.165, 1.54) is 77.0 Å². The van der Waals surface area contributed by atoms with Gasteiger partial charge in [0, 0.05) is 12.8 Å². The Balaban J connectivity index is 2.14. The molecule has 0 bridgehead atoms. The highest BCUT2D eigenvalue weighted by Gasteiger charge is 2.05. The van der Waals surface area contributed by atoms with Crippen molar-refractivity contribution in [2.75, 3.05) is 13.2 Å². The Kier molecular flexibility index (Phi) is 17.2. The normalized spacial score (nSPS) is 22.7. The molecule has 0 aromatic rings. The second kappa shape index (κ2) is 19.3. The Morgan fingerprint density at radius 3 is 0.929 bits per heavy atom. The number of ether oxygens (including phenoxy) is 2. The predicted octanol–water partition coefficient (Wildman–Crippen LogP) is 6.89. The smallest absolute Gasteiger partial charge is 0.305 e. The van der Waals surface area contributed by atoms with Crippen molar-refractivity contribution in [3.63, 3.8) is 0 Å². The molecule has 1 heterocycles. The molecule has 164 valence electrons. The van der Waals surface area contributed by atoms with Gasteiger partial charge in [-0.25, -0.2) is 0 Å². The molecule has 28 heavy (non-hydrogen) atoms. The predicted molar refractivity (Wildman–Crippen MR) is 114 cm³/mol. The first-order valence-electron chi connectivity index (χ1n) is 12.1. The monoisotopic (exact) mass is 396 g/mol. The second-order valence-electron chi connectivity index (χ2n) is 8.30. The van der Waals surface area contributed by atoms with Crippen LogP contribution in [0.25, 0.3) is 0 Å². The molecule has 4 heteroatoms. The van der Waals surface area contributed by atoms with Crippen LogP contribution < -0.4 is 0 Å². The molecule has 1 fully saturated rings. The van der Waals surface area contributed by atoms with Gasteiger partial charge in [-0.15, -0.1) is 0 Å². The Bertz CT molecular complexity index is 345. The molecule has 0 spiro atoms. The van der Waals surface area contributed by atoms with Gasteiger partial charge in [0.25, 0.3) is 0 Å². The van der Waals surface area contributed by atoms with Gasteiger partial charge < -0.3 is 9.47 Å². The van der Waals surface area contributed by atoms with Gasteiger partial charge >= 0.3 is 11.9 Å². The van der Waals surface area contributed by atoms with E-state index in [2.05, 4.69) is 0 Å². The van der Waals surface area contributed by atoms with Gasteiger partial charge in [-0.1, -0.05) is 89.9 Å². The Morgan fingerprint density at radius 2 is 0.607 bits per heavy atom. The van der Waals surface area contributed by atoms with E-state index in [9.17, 15) is 9.59 Å². The molecule has 0 unspecified atom stereocenters. The van der Waals surface area contributed by atoms with Crippen LogP contribution in [0.5, 0.6) is 0 Å². The minimum atomic E-state index is -0.0687. The molecular weight excluding hydrogens is 352 g/mol. The molecule has 4 nitrogen and oxygen atoms in total. The Morgan fingerprint density at radius 1 is 0.357 bits per heavy atom. The van der Waals surface area contributed by atoms with Gasteiger partial charge in [0.1, 0.15) is 0 Å². The van der Waals surface area contributed by atoms with Crippen molar-refractivity contribution in [3.05, 3.63) is 0 Å². The number of cyclic esters (lactones) is 2. The molecule has 0 aromatic carbocycles. The summed E-state index contributed by atoms with van der Waals surface area (Å²) in [6.45, 7) is 1.15. The zero-order valence-corrected chi connectivity index (χ0v) is 18.2. The van der Waals surface area contributed by atoms with E-state index in [0.717, 1.165) is 38.5 Å². The molecule has 0 N–H and O–H groups in total. The molecule has 1 aliphatic rings. The maximum atomic E-state index is 11.7. The van der Waals surface area contributed by atoms with Crippen LogP contribution in [0.4, 0.5) is 0 Å². The fourth-order valence-corrected chi connectivity index (χ4v) is 3.73. The molecule has 0 radical (unpaired) electrons. The fraction of sp³-hybridized carbons (Fsp3) is 0.917. The van der Waals surface area contributed by atoms with Gasteiger partial charge in [-0.2, -0.15) is 0 Å². The summed E-state index contributed by atoms with van der Waals surface area (Å²) in [6.07, 6.45) is 22.3. The third-order valence-electron chi connectivity index (χ3n) is 5.58. The average molecular weight is 397 g/mol. The summed E-state index contributed by atoms with van der Waals surface area (Å²) in [7, 11) is 0. The number of rotatable bonds is 0. The maximum Gasteiger partial charge on any atom is 0.305 e. The van der Waals surface area contributed by atoms with E-state index >= 15 is 0 Å². The van der Waals surface area contributed by atoms with Crippen LogP contribution in [0, 0.1) is 0 Å².